The summed E-state index contributed by atoms with van der Waals surface area (Å²) in [6, 6.07) is 11.7. The Morgan fingerprint density at radius 1 is 1.30 bits per heavy atom. The van der Waals surface area contributed by atoms with Gasteiger partial charge in [-0.1, -0.05) is 18.2 Å². The van der Waals surface area contributed by atoms with E-state index in [0.29, 0.717) is 24.2 Å². The summed E-state index contributed by atoms with van der Waals surface area (Å²) in [7, 11) is 0. The lowest BCUT2D eigenvalue weighted by atomic mass is 9.82. The molecule has 5 rings (SSSR count). The fourth-order valence-electron chi connectivity index (χ4n) is 4.95. The Balaban J connectivity index is 1.33. The van der Waals surface area contributed by atoms with Gasteiger partial charge in [-0.25, -0.2) is 14.2 Å². The number of aromatic nitrogens is 3. The maximum atomic E-state index is 14.1. The van der Waals surface area contributed by atoms with Crippen LogP contribution in [-0.2, 0) is 12.0 Å². The van der Waals surface area contributed by atoms with Crippen LogP contribution in [0.4, 0.5) is 15.0 Å². The maximum Gasteiger partial charge on any atom is 0.317 e. The van der Waals surface area contributed by atoms with Gasteiger partial charge in [0.25, 0.3) is 0 Å². The number of rotatable bonds is 3. The van der Waals surface area contributed by atoms with Crippen LogP contribution in [0, 0.1) is 17.1 Å². The van der Waals surface area contributed by atoms with Crippen LogP contribution in [0.5, 0.6) is 0 Å². The van der Waals surface area contributed by atoms with Crippen molar-refractivity contribution in [3.63, 3.8) is 0 Å². The SMILES string of the molecule is C[C@@H](NC(=O)N1CCC2(CCn3nc(-c4cnc(N)c(C#N)c4)cc32)C1)c1ccccc1F. The Kier molecular flexibility index (Phi) is 5.01. The quantitative estimate of drug-likeness (QED) is 0.642. The molecule has 0 aliphatic carbocycles. The normalized spacial score (nSPS) is 20.0. The van der Waals surface area contributed by atoms with Gasteiger partial charge in [0.2, 0.25) is 0 Å². The summed E-state index contributed by atoms with van der Waals surface area (Å²) in [6.07, 6.45) is 3.37. The van der Waals surface area contributed by atoms with Gasteiger partial charge in [-0.05, 0) is 38.0 Å². The first kappa shape index (κ1) is 20.9. The molecule has 8 nitrogen and oxygen atoms in total. The Bertz CT molecular complexity index is 1280. The molecule has 0 saturated carbocycles. The molecule has 1 saturated heterocycles. The number of pyridine rings is 1. The zero-order chi connectivity index (χ0) is 23.2. The zero-order valence-electron chi connectivity index (χ0n) is 18.3. The van der Waals surface area contributed by atoms with Crippen LogP contribution >= 0.6 is 0 Å². The van der Waals surface area contributed by atoms with Crippen LogP contribution in [0.2, 0.25) is 0 Å². The highest BCUT2D eigenvalue weighted by atomic mass is 19.1. The second-order valence-corrected chi connectivity index (χ2v) is 8.80. The highest BCUT2D eigenvalue weighted by Gasteiger charge is 2.47. The standard InChI is InChI=1S/C24H24FN7O/c1-15(18-4-2-3-5-19(18)25)29-23(33)31-8-6-24(14-31)7-9-32-21(24)11-20(30-32)17-10-16(12-26)22(27)28-13-17/h2-5,10-11,13,15H,6-9,14H2,1H3,(H2,27,28)(H,29,33)/t15-,24?/m1/s1. The number of nitriles is 1. The molecule has 33 heavy (non-hydrogen) atoms. The summed E-state index contributed by atoms with van der Waals surface area (Å²) in [4.78, 5) is 18.9. The minimum Gasteiger partial charge on any atom is -0.383 e. The van der Waals surface area contributed by atoms with Gasteiger partial charge in [0.05, 0.1) is 17.3 Å². The van der Waals surface area contributed by atoms with Crippen LogP contribution in [-0.4, -0.2) is 38.8 Å². The molecule has 0 radical (unpaired) electrons. The molecule has 2 amide bonds. The molecule has 2 aromatic heterocycles. The second-order valence-electron chi connectivity index (χ2n) is 8.80. The van der Waals surface area contributed by atoms with Crippen LogP contribution in [0.15, 0.2) is 42.6 Å². The van der Waals surface area contributed by atoms with Gasteiger partial charge in [0.15, 0.2) is 0 Å². The smallest absolute Gasteiger partial charge is 0.317 e. The molecule has 9 heteroatoms. The summed E-state index contributed by atoms with van der Waals surface area (Å²) in [5.74, 6) is -0.126. The van der Waals surface area contributed by atoms with Crippen LogP contribution in [0.25, 0.3) is 11.3 Å². The third-order valence-corrected chi connectivity index (χ3v) is 6.81. The number of nitrogens with one attached hydrogen (secondary N) is 1. The zero-order valence-corrected chi connectivity index (χ0v) is 18.3. The minimum absolute atomic E-state index is 0.164. The number of hydrogen-bond acceptors (Lipinski definition) is 5. The maximum absolute atomic E-state index is 14.1. The number of aryl methyl sites for hydroxylation is 1. The van der Waals surface area contributed by atoms with E-state index in [0.717, 1.165) is 36.3 Å². The average molecular weight is 446 g/mol. The van der Waals surface area contributed by atoms with Crippen molar-refractivity contribution >= 4 is 11.8 Å². The van der Waals surface area contributed by atoms with Crippen LogP contribution in [0.3, 0.4) is 0 Å². The number of benzene rings is 1. The molecule has 168 valence electrons. The van der Waals surface area contributed by atoms with Crippen molar-refractivity contribution in [2.45, 2.75) is 37.8 Å². The third-order valence-electron chi connectivity index (χ3n) is 6.81. The van der Waals surface area contributed by atoms with Gasteiger partial charge in [0.1, 0.15) is 17.7 Å². The molecule has 2 atom stereocenters. The molecule has 0 bridgehead atoms. The molecule has 1 unspecified atom stereocenters. The van der Waals surface area contributed by atoms with Crippen molar-refractivity contribution in [3.05, 3.63) is 65.2 Å². The second kappa shape index (κ2) is 7.89. The largest absolute Gasteiger partial charge is 0.383 e. The number of halogens is 1. The van der Waals surface area contributed by atoms with Gasteiger partial charge in [0, 0.05) is 48.1 Å². The molecular weight excluding hydrogens is 421 g/mol. The van der Waals surface area contributed by atoms with E-state index >= 15 is 0 Å². The summed E-state index contributed by atoms with van der Waals surface area (Å²) < 4.78 is 16.1. The Hall–Kier alpha value is -3.93. The van der Waals surface area contributed by atoms with Crippen LogP contribution in [0.1, 0.15) is 42.6 Å². The fourth-order valence-corrected chi connectivity index (χ4v) is 4.95. The highest BCUT2D eigenvalue weighted by molar-refractivity contribution is 5.75. The number of amides is 2. The molecular formula is C24H24FN7O. The minimum atomic E-state index is -0.427. The molecule has 1 fully saturated rings. The van der Waals surface area contributed by atoms with Gasteiger partial charge in [-0.15, -0.1) is 0 Å². The van der Waals surface area contributed by atoms with Crippen molar-refractivity contribution in [1.29, 1.82) is 5.26 Å². The lowest BCUT2D eigenvalue weighted by molar-refractivity contribution is 0.202. The molecule has 4 heterocycles. The van der Waals surface area contributed by atoms with E-state index in [1.165, 1.54) is 6.07 Å². The van der Waals surface area contributed by atoms with E-state index in [-0.39, 0.29) is 23.1 Å². The predicted molar refractivity (Wildman–Crippen MR) is 120 cm³/mol. The summed E-state index contributed by atoms with van der Waals surface area (Å²) in [6.45, 7) is 3.76. The number of likely N-dealkylation sites (tertiary alicyclic amines) is 1. The number of urea groups is 1. The van der Waals surface area contributed by atoms with Gasteiger partial charge < -0.3 is 16.0 Å². The molecule has 2 aliphatic heterocycles. The van der Waals surface area contributed by atoms with Gasteiger partial charge >= 0.3 is 6.03 Å². The molecule has 1 aromatic carbocycles. The number of nitrogens with two attached hydrogens (primary N) is 1. The molecule has 1 spiro atoms. The van der Waals surface area contributed by atoms with Gasteiger partial charge in [-0.3, -0.25) is 4.68 Å². The van der Waals surface area contributed by atoms with E-state index in [4.69, 9.17) is 10.8 Å². The summed E-state index contributed by atoms with van der Waals surface area (Å²) >= 11 is 0. The molecule has 3 N–H and O–H groups in total. The number of hydrogen-bond donors (Lipinski definition) is 2. The fraction of sp³-hybridized carbons (Fsp3) is 0.333. The lowest BCUT2D eigenvalue weighted by Gasteiger charge is -2.25. The molecule has 3 aromatic rings. The number of nitrogens with zero attached hydrogens (tertiary/aromatic N) is 5. The highest BCUT2D eigenvalue weighted by Crippen LogP contribution is 2.43. The number of nitrogen functional groups attached to an aromatic ring is 1. The number of carbonyl (C=O) groups is 1. The van der Waals surface area contributed by atoms with E-state index in [1.54, 1.807) is 42.3 Å². The van der Waals surface area contributed by atoms with E-state index < -0.39 is 6.04 Å². The van der Waals surface area contributed by atoms with Crippen LogP contribution < -0.4 is 11.1 Å². The summed E-state index contributed by atoms with van der Waals surface area (Å²) in [5.41, 5.74) is 8.94. The Labute approximate surface area is 190 Å². The first-order valence-corrected chi connectivity index (χ1v) is 10.9. The number of anilines is 1. The van der Waals surface area contributed by atoms with E-state index in [1.807, 2.05) is 10.7 Å². The first-order chi connectivity index (χ1) is 15.9. The van der Waals surface area contributed by atoms with E-state index in [2.05, 4.69) is 16.4 Å². The van der Waals surface area contributed by atoms with Crippen molar-refractivity contribution < 1.29 is 9.18 Å². The Morgan fingerprint density at radius 3 is 2.88 bits per heavy atom. The molecule has 2 aliphatic rings. The summed E-state index contributed by atoms with van der Waals surface area (Å²) in [5, 5.41) is 16.9. The van der Waals surface area contributed by atoms with Crippen molar-refractivity contribution in [2.75, 3.05) is 18.8 Å². The topological polar surface area (TPSA) is 113 Å². The van der Waals surface area contributed by atoms with Crippen molar-refractivity contribution in [3.8, 4) is 17.3 Å². The Morgan fingerprint density at radius 2 is 2.09 bits per heavy atom. The number of carbonyl (C=O) groups excluding carboxylic acids is 1. The average Bonchev–Trinajstić information content (AvgIpc) is 3.51. The first-order valence-electron chi connectivity index (χ1n) is 10.9. The lowest BCUT2D eigenvalue weighted by Crippen LogP contribution is -2.41. The predicted octanol–water partition coefficient (Wildman–Crippen LogP) is 3.36. The monoisotopic (exact) mass is 445 g/mol. The van der Waals surface area contributed by atoms with E-state index in [9.17, 15) is 14.4 Å². The van der Waals surface area contributed by atoms with Crippen molar-refractivity contribution in [2.24, 2.45) is 0 Å². The van der Waals surface area contributed by atoms with Gasteiger partial charge in [-0.2, -0.15) is 10.4 Å². The third kappa shape index (κ3) is 3.57. The van der Waals surface area contributed by atoms with Crippen molar-refractivity contribution in [1.82, 2.24) is 25.0 Å². The number of fused-ring (bicyclic) bond motifs is 2.